The summed E-state index contributed by atoms with van der Waals surface area (Å²) in [6.45, 7) is -0.438. The fourth-order valence-corrected chi connectivity index (χ4v) is 4.59. The number of hydrogen-bond acceptors (Lipinski definition) is 4. The monoisotopic (exact) mass is 628 g/mol. The molecule has 44 heavy (non-hydrogen) atoms. The van der Waals surface area contributed by atoms with Crippen LogP contribution in [0, 0.1) is 0 Å². The molecule has 0 aliphatic carbocycles. The summed E-state index contributed by atoms with van der Waals surface area (Å²) in [5.74, 6) is -2.16. The van der Waals surface area contributed by atoms with Gasteiger partial charge in [-0.1, -0.05) is 54.6 Å². The van der Waals surface area contributed by atoms with Gasteiger partial charge in [-0.2, -0.15) is 13.2 Å². The van der Waals surface area contributed by atoms with Gasteiger partial charge < -0.3 is 14.8 Å². The van der Waals surface area contributed by atoms with Gasteiger partial charge in [0.05, 0.1) is 5.56 Å². The molecule has 4 rings (SSSR count). The Balaban J connectivity index is 1.84. The van der Waals surface area contributed by atoms with Gasteiger partial charge in [-0.25, -0.2) is 0 Å². The number of nitrogens with one attached hydrogen (secondary N) is 1. The maximum Gasteiger partial charge on any atom is 0.573 e. The number of nitrogens with zero attached hydrogens (tertiary/aromatic N) is 1. The molecule has 0 saturated heterocycles. The van der Waals surface area contributed by atoms with E-state index in [2.05, 4.69) is 19.8 Å². The van der Waals surface area contributed by atoms with Gasteiger partial charge >= 0.3 is 18.9 Å². The molecule has 1 aromatic heterocycles. The fourth-order valence-electron chi connectivity index (χ4n) is 4.59. The van der Waals surface area contributed by atoms with E-state index in [1.807, 2.05) is 0 Å². The molecule has 4 aromatic rings. The number of aromatic nitrogens is 1. The number of pyridine rings is 1. The van der Waals surface area contributed by atoms with Gasteiger partial charge in [0, 0.05) is 18.2 Å². The van der Waals surface area contributed by atoms with E-state index in [1.54, 1.807) is 30.3 Å². The van der Waals surface area contributed by atoms with Gasteiger partial charge in [0.15, 0.2) is 0 Å². The zero-order valence-electron chi connectivity index (χ0n) is 22.2. The van der Waals surface area contributed by atoms with Crippen molar-refractivity contribution in [2.75, 3.05) is 6.54 Å². The highest BCUT2D eigenvalue weighted by Gasteiger charge is 2.39. The minimum absolute atomic E-state index is 0.0652. The van der Waals surface area contributed by atoms with Crippen molar-refractivity contribution >= 4 is 5.91 Å². The summed E-state index contributed by atoms with van der Waals surface area (Å²) in [6, 6.07) is 19.3. The van der Waals surface area contributed by atoms with E-state index in [4.69, 9.17) is 0 Å². The second kappa shape index (κ2) is 12.5. The smallest absolute Gasteiger partial charge is 0.406 e. The van der Waals surface area contributed by atoms with Gasteiger partial charge in [-0.3, -0.25) is 9.78 Å². The quantitative estimate of drug-likeness (QED) is 0.192. The molecule has 0 aliphatic heterocycles. The zero-order valence-corrected chi connectivity index (χ0v) is 22.2. The average Bonchev–Trinajstić information content (AvgIpc) is 2.94. The van der Waals surface area contributed by atoms with E-state index < -0.39 is 54.0 Å². The highest BCUT2D eigenvalue weighted by Crippen LogP contribution is 2.40. The summed E-state index contributed by atoms with van der Waals surface area (Å²) in [4.78, 5) is 16.4. The van der Waals surface area contributed by atoms with Crippen molar-refractivity contribution in [2.45, 2.75) is 30.7 Å². The minimum atomic E-state index is -5.06. The van der Waals surface area contributed by atoms with Gasteiger partial charge in [0.2, 0.25) is 0 Å². The Kier molecular flexibility index (Phi) is 9.11. The van der Waals surface area contributed by atoms with Gasteiger partial charge in [-0.15, -0.1) is 26.3 Å². The molecule has 0 spiro atoms. The van der Waals surface area contributed by atoms with E-state index in [0.717, 1.165) is 30.3 Å². The molecule has 232 valence electrons. The molecule has 14 heteroatoms. The average molecular weight is 628 g/mol. The third-order valence-corrected chi connectivity index (χ3v) is 6.46. The number of rotatable bonds is 9. The second-order valence-electron chi connectivity index (χ2n) is 9.51. The van der Waals surface area contributed by atoms with Gasteiger partial charge in [-0.05, 0) is 59.5 Å². The van der Waals surface area contributed by atoms with Gasteiger partial charge in [0.25, 0.3) is 5.91 Å². The molecule has 1 amide bonds. The van der Waals surface area contributed by atoms with Crippen LogP contribution in [0.25, 0.3) is 0 Å². The first-order valence-electron chi connectivity index (χ1n) is 12.6. The number of carbonyl (C=O) groups excluding carboxylic acids is 1. The van der Waals surface area contributed by atoms with Crippen LogP contribution in [0.3, 0.4) is 0 Å². The number of ether oxygens (including phenoxy) is 2. The SMILES string of the molecule is O=C(NCC(Cc1ccccc1)(c1cccc(OC(F)(F)F)c1)c1cccc(OC(F)(F)F)c1)c1ccc(C(F)(F)F)nc1. The molecule has 0 radical (unpaired) electrons. The topological polar surface area (TPSA) is 60.5 Å². The Labute approximate surface area is 244 Å². The van der Waals surface area contributed by atoms with E-state index in [0.29, 0.717) is 17.8 Å². The molecule has 1 N–H and O–H groups in total. The van der Waals surface area contributed by atoms with Crippen LogP contribution in [0.4, 0.5) is 39.5 Å². The molecule has 0 unspecified atom stereocenters. The van der Waals surface area contributed by atoms with Crippen molar-refractivity contribution in [3.8, 4) is 11.5 Å². The normalized spacial score (nSPS) is 12.5. The lowest BCUT2D eigenvalue weighted by atomic mass is 9.70. The fraction of sp³-hybridized carbons (Fsp3) is 0.200. The molecule has 0 bridgehead atoms. The summed E-state index contributed by atoms with van der Waals surface area (Å²) in [5, 5.41) is 2.56. The van der Waals surface area contributed by atoms with Crippen molar-refractivity contribution in [3.63, 3.8) is 0 Å². The lowest BCUT2D eigenvalue weighted by Gasteiger charge is -2.36. The van der Waals surface area contributed by atoms with Crippen LogP contribution in [0.2, 0.25) is 0 Å². The van der Waals surface area contributed by atoms with Crippen molar-refractivity contribution < 1.29 is 53.8 Å². The first-order valence-corrected chi connectivity index (χ1v) is 12.6. The summed E-state index contributed by atoms with van der Waals surface area (Å²) in [6.07, 6.45) is -14.3. The summed E-state index contributed by atoms with van der Waals surface area (Å²) >= 11 is 0. The van der Waals surface area contributed by atoms with Crippen molar-refractivity contribution in [3.05, 3.63) is 125 Å². The third kappa shape index (κ3) is 8.42. The largest absolute Gasteiger partial charge is 0.573 e. The molecule has 3 aromatic carbocycles. The molecular weight excluding hydrogens is 607 g/mol. The maximum atomic E-state index is 13.1. The zero-order chi connectivity index (χ0) is 32.2. The van der Waals surface area contributed by atoms with Crippen molar-refractivity contribution in [1.82, 2.24) is 10.3 Å². The standard InChI is InChI=1S/C30H21F9N2O3/c31-28(32,33)25-13-12-20(17-40-25)26(42)41-18-27(16-19-6-2-1-3-7-19,21-8-4-10-23(14-21)43-29(34,35)36)22-9-5-11-24(15-22)44-30(37,38)39/h1-15,17H,16,18H2,(H,41,42). The van der Waals surface area contributed by atoms with Crippen LogP contribution in [0.1, 0.15) is 32.7 Å². The van der Waals surface area contributed by atoms with Crippen LogP contribution in [0.15, 0.2) is 97.2 Å². The lowest BCUT2D eigenvalue weighted by Crippen LogP contribution is -2.43. The molecule has 0 aliphatic rings. The number of amides is 1. The third-order valence-electron chi connectivity index (χ3n) is 6.46. The van der Waals surface area contributed by atoms with Crippen molar-refractivity contribution in [1.29, 1.82) is 0 Å². The Morgan fingerprint density at radius 2 is 1.23 bits per heavy atom. The van der Waals surface area contributed by atoms with Gasteiger partial charge in [0.1, 0.15) is 17.2 Å². The Hall–Kier alpha value is -4.75. The Morgan fingerprint density at radius 3 is 1.68 bits per heavy atom. The van der Waals surface area contributed by atoms with E-state index in [9.17, 15) is 44.3 Å². The van der Waals surface area contributed by atoms with Crippen molar-refractivity contribution in [2.24, 2.45) is 0 Å². The maximum absolute atomic E-state index is 13.1. The van der Waals surface area contributed by atoms with Crippen LogP contribution in [-0.4, -0.2) is 30.2 Å². The van der Waals surface area contributed by atoms with Crippen LogP contribution < -0.4 is 14.8 Å². The predicted molar refractivity (Wildman–Crippen MR) is 139 cm³/mol. The molecule has 1 heterocycles. The molecule has 0 saturated carbocycles. The Morgan fingerprint density at radius 1 is 0.682 bits per heavy atom. The van der Waals surface area contributed by atoms with E-state index >= 15 is 0 Å². The number of halogens is 9. The van der Waals surface area contributed by atoms with E-state index in [1.165, 1.54) is 24.3 Å². The lowest BCUT2D eigenvalue weighted by molar-refractivity contribution is -0.275. The molecule has 5 nitrogen and oxygen atoms in total. The number of benzene rings is 3. The van der Waals surface area contributed by atoms with Crippen LogP contribution in [0.5, 0.6) is 11.5 Å². The first kappa shape index (κ1) is 32.2. The second-order valence-corrected chi connectivity index (χ2v) is 9.51. The van der Waals surface area contributed by atoms with E-state index in [-0.39, 0.29) is 23.1 Å². The predicted octanol–water partition coefficient (Wildman–Crippen LogP) is 7.86. The van der Waals surface area contributed by atoms with Crippen LogP contribution in [-0.2, 0) is 18.0 Å². The number of carbonyl (C=O) groups is 1. The Bertz CT molecular complexity index is 1510. The number of alkyl halides is 9. The summed E-state index contributed by atoms with van der Waals surface area (Å²) in [7, 11) is 0. The molecular formula is C30H21F9N2O3. The first-order chi connectivity index (χ1) is 20.5. The summed E-state index contributed by atoms with van der Waals surface area (Å²) < 4.78 is 126. The summed E-state index contributed by atoms with van der Waals surface area (Å²) in [5.41, 5.74) is -2.27. The highest BCUT2D eigenvalue weighted by atomic mass is 19.4. The molecule has 0 fully saturated rings. The molecule has 0 atom stereocenters. The van der Waals surface area contributed by atoms with Crippen LogP contribution >= 0.6 is 0 Å². The number of hydrogen-bond donors (Lipinski definition) is 1. The minimum Gasteiger partial charge on any atom is -0.406 e. The highest BCUT2D eigenvalue weighted by molar-refractivity contribution is 5.94.